The van der Waals surface area contributed by atoms with Crippen LogP contribution in [-0.4, -0.2) is 48.3 Å². The predicted molar refractivity (Wildman–Crippen MR) is 103 cm³/mol. The van der Waals surface area contributed by atoms with Crippen LogP contribution >= 0.6 is 0 Å². The molecule has 1 fully saturated rings. The molecule has 2 aliphatic rings. The third kappa shape index (κ3) is 3.51. The number of carbonyl (C=O) groups excluding carboxylic acids is 1. The SMILES string of the molecule is CCn1cc(C(=O)NCCN2CCCCC2)c(=O)c2cc3c(cc21)OCO3. The molecule has 0 bridgehead atoms. The Balaban J connectivity index is 1.57. The Morgan fingerprint density at radius 1 is 1.15 bits per heavy atom. The molecule has 144 valence electrons. The van der Waals surface area contributed by atoms with Gasteiger partial charge in [-0.25, -0.2) is 0 Å². The van der Waals surface area contributed by atoms with E-state index in [-0.39, 0.29) is 23.7 Å². The number of hydrogen-bond donors (Lipinski definition) is 1. The molecule has 0 atom stereocenters. The number of nitrogens with zero attached hydrogens (tertiary/aromatic N) is 2. The Morgan fingerprint density at radius 2 is 1.89 bits per heavy atom. The lowest BCUT2D eigenvalue weighted by Crippen LogP contribution is -2.38. The van der Waals surface area contributed by atoms with Crippen LogP contribution in [0.15, 0.2) is 23.1 Å². The third-order valence-electron chi connectivity index (χ3n) is 5.32. The molecule has 1 amide bonds. The van der Waals surface area contributed by atoms with Crippen LogP contribution in [0.25, 0.3) is 10.9 Å². The number of carbonyl (C=O) groups is 1. The van der Waals surface area contributed by atoms with Crippen LogP contribution in [0.4, 0.5) is 0 Å². The van der Waals surface area contributed by atoms with Crippen molar-refractivity contribution in [2.45, 2.75) is 32.7 Å². The van der Waals surface area contributed by atoms with E-state index in [4.69, 9.17) is 9.47 Å². The number of fused-ring (bicyclic) bond motifs is 2. The van der Waals surface area contributed by atoms with Crippen molar-refractivity contribution >= 4 is 16.8 Å². The molecular formula is C20H25N3O4. The summed E-state index contributed by atoms with van der Waals surface area (Å²) in [5, 5.41) is 3.38. The van der Waals surface area contributed by atoms with Gasteiger partial charge in [0.2, 0.25) is 12.2 Å². The Hall–Kier alpha value is -2.54. The van der Waals surface area contributed by atoms with E-state index < -0.39 is 0 Å². The topological polar surface area (TPSA) is 72.8 Å². The van der Waals surface area contributed by atoms with Gasteiger partial charge in [0.05, 0.1) is 10.9 Å². The summed E-state index contributed by atoms with van der Waals surface area (Å²) >= 11 is 0. The van der Waals surface area contributed by atoms with Gasteiger partial charge in [-0.3, -0.25) is 9.59 Å². The predicted octanol–water partition coefficient (Wildman–Crippen LogP) is 1.97. The number of ether oxygens (including phenoxy) is 2. The monoisotopic (exact) mass is 371 g/mol. The second-order valence-electron chi connectivity index (χ2n) is 7.04. The van der Waals surface area contributed by atoms with Crippen molar-refractivity contribution in [3.05, 3.63) is 34.1 Å². The number of piperidine rings is 1. The van der Waals surface area contributed by atoms with Gasteiger partial charge in [0.25, 0.3) is 5.91 Å². The zero-order valence-electron chi connectivity index (χ0n) is 15.6. The van der Waals surface area contributed by atoms with Gasteiger partial charge in [-0.2, -0.15) is 0 Å². The van der Waals surface area contributed by atoms with Crippen LogP contribution in [-0.2, 0) is 6.54 Å². The Bertz CT molecular complexity index is 916. The Kier molecular flexibility index (Phi) is 5.03. The molecule has 0 saturated carbocycles. The van der Waals surface area contributed by atoms with Crippen molar-refractivity contribution in [3.63, 3.8) is 0 Å². The average molecular weight is 371 g/mol. The molecule has 0 unspecified atom stereocenters. The normalized spacial score (nSPS) is 16.6. The lowest BCUT2D eigenvalue weighted by Gasteiger charge is -2.26. The molecule has 1 N–H and O–H groups in total. The molecule has 3 heterocycles. The zero-order valence-corrected chi connectivity index (χ0v) is 15.6. The summed E-state index contributed by atoms with van der Waals surface area (Å²) in [4.78, 5) is 27.9. The van der Waals surface area contributed by atoms with E-state index in [0.717, 1.165) is 25.2 Å². The van der Waals surface area contributed by atoms with Crippen LogP contribution in [0.5, 0.6) is 11.5 Å². The standard InChI is InChI=1S/C20H25N3O4/c1-2-23-12-15(20(25)21-6-9-22-7-4-3-5-8-22)19(24)14-10-17-18(11-16(14)23)27-13-26-17/h10-12H,2-9,13H2,1H3,(H,21,25). The second-order valence-corrected chi connectivity index (χ2v) is 7.04. The summed E-state index contributed by atoms with van der Waals surface area (Å²) in [7, 11) is 0. The quantitative estimate of drug-likeness (QED) is 0.870. The maximum Gasteiger partial charge on any atom is 0.256 e. The highest BCUT2D eigenvalue weighted by molar-refractivity contribution is 5.97. The van der Waals surface area contributed by atoms with E-state index in [2.05, 4.69) is 10.2 Å². The summed E-state index contributed by atoms with van der Waals surface area (Å²) in [5.41, 5.74) is 0.641. The van der Waals surface area contributed by atoms with Crippen molar-refractivity contribution in [3.8, 4) is 11.5 Å². The first-order valence-electron chi connectivity index (χ1n) is 9.64. The number of pyridine rings is 1. The molecule has 7 nitrogen and oxygen atoms in total. The van der Waals surface area contributed by atoms with E-state index in [9.17, 15) is 9.59 Å². The smallest absolute Gasteiger partial charge is 0.256 e. The number of rotatable bonds is 5. The fourth-order valence-electron chi connectivity index (χ4n) is 3.81. The van der Waals surface area contributed by atoms with Crippen LogP contribution in [0.3, 0.4) is 0 Å². The number of amides is 1. The maximum atomic E-state index is 12.9. The van der Waals surface area contributed by atoms with Gasteiger partial charge in [0.1, 0.15) is 5.56 Å². The molecule has 4 rings (SSSR count). The summed E-state index contributed by atoms with van der Waals surface area (Å²) < 4.78 is 12.7. The molecule has 7 heteroatoms. The van der Waals surface area contributed by atoms with Crippen LogP contribution in [0.2, 0.25) is 0 Å². The molecule has 2 aliphatic heterocycles. The van der Waals surface area contributed by atoms with E-state index in [1.165, 1.54) is 19.3 Å². The summed E-state index contributed by atoms with van der Waals surface area (Å²) in [6.45, 7) is 6.31. The van der Waals surface area contributed by atoms with Crippen LogP contribution < -0.4 is 20.2 Å². The maximum absolute atomic E-state index is 12.9. The molecule has 0 radical (unpaired) electrons. The van der Waals surface area contributed by atoms with E-state index in [1.54, 1.807) is 18.3 Å². The number of aromatic nitrogens is 1. The van der Waals surface area contributed by atoms with Crippen molar-refractivity contribution in [1.29, 1.82) is 0 Å². The molecular weight excluding hydrogens is 346 g/mol. The molecule has 0 spiro atoms. The first kappa shape index (κ1) is 17.9. The Morgan fingerprint density at radius 3 is 2.63 bits per heavy atom. The van der Waals surface area contributed by atoms with Crippen molar-refractivity contribution in [1.82, 2.24) is 14.8 Å². The lowest BCUT2D eigenvalue weighted by atomic mass is 10.1. The minimum absolute atomic E-state index is 0.149. The molecule has 0 aliphatic carbocycles. The number of nitrogens with one attached hydrogen (secondary N) is 1. The summed E-state index contributed by atoms with van der Waals surface area (Å²) in [6, 6.07) is 3.48. The van der Waals surface area contributed by atoms with Gasteiger partial charge in [-0.05, 0) is 38.9 Å². The second kappa shape index (κ2) is 7.60. The fraction of sp³-hybridized carbons (Fsp3) is 0.500. The zero-order chi connectivity index (χ0) is 18.8. The number of benzene rings is 1. The van der Waals surface area contributed by atoms with Crippen molar-refractivity contribution < 1.29 is 14.3 Å². The van der Waals surface area contributed by atoms with E-state index >= 15 is 0 Å². The first-order valence-corrected chi connectivity index (χ1v) is 9.64. The van der Waals surface area contributed by atoms with Gasteiger partial charge in [-0.1, -0.05) is 6.42 Å². The largest absolute Gasteiger partial charge is 0.454 e. The fourth-order valence-corrected chi connectivity index (χ4v) is 3.81. The number of likely N-dealkylation sites (tertiary alicyclic amines) is 1. The average Bonchev–Trinajstić information content (AvgIpc) is 3.15. The number of aryl methyl sites for hydroxylation is 1. The lowest BCUT2D eigenvalue weighted by molar-refractivity contribution is 0.0945. The molecule has 1 aromatic carbocycles. The minimum Gasteiger partial charge on any atom is -0.454 e. The van der Waals surface area contributed by atoms with Gasteiger partial charge in [0.15, 0.2) is 11.5 Å². The van der Waals surface area contributed by atoms with Crippen molar-refractivity contribution in [2.75, 3.05) is 33.0 Å². The highest BCUT2D eigenvalue weighted by atomic mass is 16.7. The Labute approximate surface area is 157 Å². The van der Waals surface area contributed by atoms with E-state index in [1.807, 2.05) is 11.5 Å². The molecule has 27 heavy (non-hydrogen) atoms. The van der Waals surface area contributed by atoms with Gasteiger partial charge in [-0.15, -0.1) is 0 Å². The molecule has 1 saturated heterocycles. The summed E-state index contributed by atoms with van der Waals surface area (Å²) in [5.74, 6) is 0.853. The molecule has 2 aromatic rings. The van der Waals surface area contributed by atoms with Crippen LogP contribution in [0.1, 0.15) is 36.5 Å². The minimum atomic E-state index is -0.321. The van der Waals surface area contributed by atoms with Crippen molar-refractivity contribution in [2.24, 2.45) is 0 Å². The highest BCUT2D eigenvalue weighted by Gasteiger charge is 2.20. The molecule has 1 aromatic heterocycles. The number of hydrogen-bond acceptors (Lipinski definition) is 5. The van der Waals surface area contributed by atoms with Gasteiger partial charge < -0.3 is 24.3 Å². The van der Waals surface area contributed by atoms with Gasteiger partial charge >= 0.3 is 0 Å². The van der Waals surface area contributed by atoms with Gasteiger partial charge in [0, 0.05) is 31.9 Å². The highest BCUT2D eigenvalue weighted by Crippen LogP contribution is 2.35. The summed E-state index contributed by atoms with van der Waals surface area (Å²) in [6.07, 6.45) is 5.37. The first-order chi connectivity index (χ1) is 13.2. The van der Waals surface area contributed by atoms with Crippen LogP contribution in [0, 0.1) is 0 Å². The van der Waals surface area contributed by atoms with E-state index in [0.29, 0.717) is 30.0 Å². The third-order valence-corrected chi connectivity index (χ3v) is 5.32.